The molecular weight excluding hydrogens is 991 g/mol. The summed E-state index contributed by atoms with van der Waals surface area (Å²) >= 11 is -0.197. The number of fused-ring (bicyclic) bond motifs is 7. The topological polar surface area (TPSA) is 43.1 Å². The maximum Gasteiger partial charge on any atom is 3.00 e. The molecule has 0 saturated heterocycles. The maximum absolute atomic E-state index is 14.7. The van der Waals surface area contributed by atoms with Crippen LogP contribution in [0, 0.1) is 23.8 Å². The molecule has 0 bridgehead atoms. The number of aromatic nitrogens is 2. The van der Waals surface area contributed by atoms with Gasteiger partial charge in [0.2, 0.25) is 0 Å². The molecule has 1 unspecified atom stereocenters. The number of thiophene rings is 1. The first kappa shape index (κ1) is 40.8. The average molecular weight is 1030 g/mol. The Balaban J connectivity index is 0.000000227. The fourth-order valence-electron chi connectivity index (χ4n) is 7.60. The van der Waals surface area contributed by atoms with E-state index in [1.807, 2.05) is 30.5 Å². The first-order chi connectivity index (χ1) is 27.8. The number of anilines is 2. The second-order valence-corrected chi connectivity index (χ2v) is 28.4. The number of nitrogens with zero attached hydrogens (tertiary/aromatic N) is 4. The van der Waals surface area contributed by atoms with E-state index in [9.17, 15) is 8.78 Å². The van der Waals surface area contributed by atoms with E-state index in [0.717, 1.165) is 48.3 Å². The van der Waals surface area contributed by atoms with E-state index in [1.54, 1.807) is 29.5 Å². The predicted octanol–water partition coefficient (Wildman–Crippen LogP) is 14.1. The molecule has 0 saturated carbocycles. The first-order valence-electron chi connectivity index (χ1n) is 19.4. The summed E-state index contributed by atoms with van der Waals surface area (Å²) in [5, 5.41) is 10.2. The van der Waals surface area contributed by atoms with E-state index in [1.165, 1.54) is 27.5 Å². The van der Waals surface area contributed by atoms with Crippen LogP contribution in [0.1, 0.15) is 38.1 Å². The van der Waals surface area contributed by atoms with Crippen LogP contribution >= 0.6 is 11.3 Å². The molecule has 10 rings (SSSR count). The van der Waals surface area contributed by atoms with Gasteiger partial charge in [-0.2, -0.15) is 29.5 Å². The summed E-state index contributed by atoms with van der Waals surface area (Å²) in [6.07, 6.45) is 1.58. The van der Waals surface area contributed by atoms with Gasteiger partial charge in [0.15, 0.2) is 0 Å². The number of hydrogen-bond acceptors (Lipinski definition) is 4. The van der Waals surface area contributed by atoms with Crippen LogP contribution < -0.4 is 9.30 Å². The Morgan fingerprint density at radius 2 is 1.53 bits per heavy atom. The molecule has 1 aliphatic heterocycles. The van der Waals surface area contributed by atoms with Crippen molar-refractivity contribution in [1.29, 1.82) is 0 Å². The number of benzene rings is 6. The van der Waals surface area contributed by atoms with Crippen LogP contribution in [0.2, 0.25) is 17.3 Å². The van der Waals surface area contributed by atoms with Crippen LogP contribution in [0.15, 0.2) is 134 Å². The van der Waals surface area contributed by atoms with E-state index in [2.05, 4.69) is 133 Å². The summed E-state index contributed by atoms with van der Waals surface area (Å²) < 4.78 is 30.7. The average Bonchev–Trinajstić information content (AvgIpc) is 3.79. The molecule has 0 fully saturated rings. The van der Waals surface area contributed by atoms with Crippen molar-refractivity contribution in [2.45, 2.75) is 49.6 Å². The van der Waals surface area contributed by atoms with Gasteiger partial charge in [0.1, 0.15) is 10.6 Å². The molecule has 0 radical (unpaired) electrons. The Morgan fingerprint density at radius 1 is 0.746 bits per heavy atom. The number of rotatable bonds is 4. The number of hydrogen-bond donors (Lipinski definition) is 0. The molecule has 0 amide bonds. The van der Waals surface area contributed by atoms with Gasteiger partial charge in [-0.1, -0.05) is 74.0 Å². The summed E-state index contributed by atoms with van der Waals surface area (Å²) in [6, 6.07) is 47.8. The summed E-state index contributed by atoms with van der Waals surface area (Å²) in [4.78, 5) is 12.4. The fraction of sp³-hybridized carbons (Fsp3) is 0.160. The molecule has 1 atom stereocenters. The van der Waals surface area contributed by atoms with Crippen molar-refractivity contribution in [2.24, 2.45) is 0 Å². The predicted molar refractivity (Wildman–Crippen MR) is 242 cm³/mol. The molecule has 3 aromatic heterocycles. The zero-order valence-electron chi connectivity index (χ0n) is 33.6. The summed E-state index contributed by atoms with van der Waals surface area (Å²) in [6.45, 7) is 6.70. The van der Waals surface area contributed by atoms with Crippen LogP contribution in [0.4, 0.5) is 25.8 Å². The minimum absolute atomic E-state index is 0. The van der Waals surface area contributed by atoms with Gasteiger partial charge in [-0.05, 0) is 69.7 Å². The van der Waals surface area contributed by atoms with Gasteiger partial charge in [-0.3, -0.25) is 0 Å². The largest absolute Gasteiger partial charge is 3.00 e. The van der Waals surface area contributed by atoms with Gasteiger partial charge in [-0.15, -0.1) is 16.6 Å². The fourth-order valence-corrected chi connectivity index (χ4v) is 11.0. The standard InChI is InChI=1S/C36H26FN3S.C14H15FGeN.Ir/c1-36(2,3)22-15-17-23(18-16-22)40-31-19-14-21-8-4-5-9-24(21)32(31)39-34(40)26-11-6-10-25-27-20-28-29(37)12-7-13-30(28)38-35(27)41-33(25)26;1-16(2,3)11-8-9-14(17-10-11)12-6-4-5-7-13(12)15;/h4-10,12-20,34H,1-3H3;4-5,7-10H,1-3H3;/q-2;-1;+3. The third kappa shape index (κ3) is 7.68. The number of pyridine rings is 2. The van der Waals surface area contributed by atoms with Crippen molar-refractivity contribution in [3.8, 4) is 11.3 Å². The van der Waals surface area contributed by atoms with Crippen molar-refractivity contribution in [3.63, 3.8) is 0 Å². The Kier molecular flexibility index (Phi) is 11.0. The van der Waals surface area contributed by atoms with Crippen molar-refractivity contribution in [2.75, 3.05) is 4.90 Å². The Morgan fingerprint density at radius 3 is 2.25 bits per heavy atom. The van der Waals surface area contributed by atoms with Crippen molar-refractivity contribution < 1.29 is 28.9 Å². The Labute approximate surface area is 364 Å². The molecule has 9 aromatic rings. The second kappa shape index (κ2) is 15.9. The number of halogens is 2. The summed E-state index contributed by atoms with van der Waals surface area (Å²) in [7, 11) is 0. The van der Waals surface area contributed by atoms with Gasteiger partial charge in [0.25, 0.3) is 0 Å². The van der Waals surface area contributed by atoms with Gasteiger partial charge in [-0.25, -0.2) is 9.37 Å². The summed E-state index contributed by atoms with van der Waals surface area (Å²) in [5.41, 5.74) is 7.26. The maximum atomic E-state index is 14.7. The molecule has 6 aromatic carbocycles. The quantitative estimate of drug-likeness (QED) is 0.130. The zero-order chi connectivity index (χ0) is 40.3. The third-order valence-corrected chi connectivity index (χ3v) is 16.2. The molecule has 9 heteroatoms. The van der Waals surface area contributed by atoms with E-state index >= 15 is 0 Å². The second-order valence-electron chi connectivity index (χ2n) is 16.8. The normalized spacial score (nSPS) is 13.9. The van der Waals surface area contributed by atoms with E-state index in [-0.39, 0.29) is 43.3 Å². The van der Waals surface area contributed by atoms with E-state index < -0.39 is 13.3 Å². The van der Waals surface area contributed by atoms with E-state index in [0.29, 0.717) is 22.2 Å². The van der Waals surface area contributed by atoms with Crippen molar-refractivity contribution >= 4 is 88.0 Å². The van der Waals surface area contributed by atoms with Gasteiger partial charge in [0, 0.05) is 16.8 Å². The van der Waals surface area contributed by atoms with Crippen LogP contribution in [0.3, 0.4) is 0 Å². The monoisotopic (exact) mass is 1030 g/mol. The molecule has 59 heavy (non-hydrogen) atoms. The smallest absolute Gasteiger partial charge is 3.00 e. The van der Waals surface area contributed by atoms with Gasteiger partial charge in [0.05, 0.1) is 5.52 Å². The molecule has 4 heterocycles. The van der Waals surface area contributed by atoms with Crippen LogP contribution in [0.25, 0.3) is 58.6 Å². The van der Waals surface area contributed by atoms with Gasteiger partial charge < -0.3 is 10.2 Å². The minimum atomic E-state index is -1.83. The zero-order valence-corrected chi connectivity index (χ0v) is 38.9. The van der Waals surface area contributed by atoms with Crippen molar-refractivity contribution in [3.05, 3.63) is 174 Å². The molecule has 0 N–H and O–H groups in total. The van der Waals surface area contributed by atoms with Crippen LogP contribution in [-0.4, -0.2) is 23.2 Å². The Hall–Kier alpha value is -4.99. The first-order valence-corrected chi connectivity index (χ1v) is 27.6. The third-order valence-electron chi connectivity index (χ3n) is 10.8. The minimum Gasteiger partial charge on any atom is 3.00 e. The molecule has 294 valence electrons. The van der Waals surface area contributed by atoms with Crippen LogP contribution in [-0.2, 0) is 25.5 Å². The summed E-state index contributed by atoms with van der Waals surface area (Å²) in [5.74, 6) is 6.41. The molecular formula is C50H41F2GeIrN4S. The van der Waals surface area contributed by atoms with E-state index in [4.69, 9.17) is 10.3 Å². The SMILES string of the molecule is CC(C)(C)c1ccc(N2c3ccc4ccccc4c3[N-]C2c2[c-]ccc3c2sc2nc4cccc(F)c4cc23)cc1.[CH3][Ge]([CH3])([CH3])[c]1ccc(-c2[c-]cccc2F)nc1.[Ir+3]. The molecule has 0 spiro atoms. The molecule has 0 aliphatic carbocycles. The molecule has 1 aliphatic rings. The van der Waals surface area contributed by atoms with Gasteiger partial charge >= 0.3 is 124 Å². The van der Waals surface area contributed by atoms with Crippen LogP contribution in [0.5, 0.6) is 0 Å². The van der Waals surface area contributed by atoms with Crippen molar-refractivity contribution in [1.82, 2.24) is 9.97 Å². The molecule has 4 nitrogen and oxygen atoms in total. The Bertz CT molecular complexity index is 2990.